The predicted molar refractivity (Wildman–Crippen MR) is 106 cm³/mol. The smallest absolute Gasteiger partial charge is 0.248 e. The Morgan fingerprint density at radius 3 is 1.88 bits per heavy atom. The van der Waals surface area contributed by atoms with E-state index in [1.54, 1.807) is 12.1 Å². The van der Waals surface area contributed by atoms with Gasteiger partial charge in [0.25, 0.3) is 0 Å². The van der Waals surface area contributed by atoms with Crippen molar-refractivity contribution in [1.82, 2.24) is 10.9 Å². The third kappa shape index (κ3) is 7.69. The molecule has 0 bridgehead atoms. The van der Waals surface area contributed by atoms with Crippen molar-refractivity contribution in [2.24, 2.45) is 0 Å². The number of rotatable bonds is 6. The number of thiocarbonyl (C=S) groups is 1. The number of carbonyl (C=O) groups is 2. The van der Waals surface area contributed by atoms with E-state index in [1.807, 2.05) is 48.5 Å². The zero-order valence-corrected chi connectivity index (χ0v) is 15.0. The fourth-order valence-corrected chi connectivity index (χ4v) is 2.59. The van der Waals surface area contributed by atoms with Gasteiger partial charge in [-0.3, -0.25) is 20.4 Å². The number of nitrogens with one attached hydrogen (secondary N) is 4. The highest BCUT2D eigenvalue weighted by Crippen LogP contribution is 2.07. The van der Waals surface area contributed by atoms with Gasteiger partial charge in [0, 0.05) is 11.4 Å². The molecule has 0 fully saturated rings. The minimum atomic E-state index is -0.269. The Hall–Kier alpha value is -2.58. The summed E-state index contributed by atoms with van der Waals surface area (Å²) in [6.07, 6.45) is 0. The van der Waals surface area contributed by atoms with Crippen LogP contribution >= 0.6 is 24.0 Å². The maximum absolute atomic E-state index is 11.8. The van der Waals surface area contributed by atoms with Crippen LogP contribution in [0, 0.1) is 0 Å². The molecule has 0 saturated carbocycles. The number of amides is 2. The molecule has 0 aromatic heterocycles. The highest BCUT2D eigenvalue weighted by atomic mass is 32.2. The standard InChI is InChI=1S/C17H18N4O2S2/c22-15(18-13-7-3-1-4-8-13)11-25-12-16(23)20-21-17(24)19-14-9-5-2-6-10-14/h1-10H,11-12H2,(H,18,22)(H,20,23)(H2,19,21,24). The summed E-state index contributed by atoms with van der Waals surface area (Å²) < 4.78 is 0. The molecule has 2 aromatic rings. The molecule has 0 saturated heterocycles. The molecule has 0 atom stereocenters. The van der Waals surface area contributed by atoms with Crippen LogP contribution in [0.25, 0.3) is 0 Å². The molecule has 0 aliphatic heterocycles. The van der Waals surface area contributed by atoms with Gasteiger partial charge in [-0.25, -0.2) is 0 Å². The van der Waals surface area contributed by atoms with Crippen molar-refractivity contribution in [2.45, 2.75) is 0 Å². The van der Waals surface area contributed by atoms with Crippen molar-refractivity contribution in [3.63, 3.8) is 0 Å². The van der Waals surface area contributed by atoms with Crippen LogP contribution in [-0.4, -0.2) is 28.4 Å². The minimum Gasteiger partial charge on any atom is -0.331 e. The van der Waals surface area contributed by atoms with E-state index in [4.69, 9.17) is 12.2 Å². The summed E-state index contributed by atoms with van der Waals surface area (Å²) in [6.45, 7) is 0. The molecular formula is C17H18N4O2S2. The van der Waals surface area contributed by atoms with Gasteiger partial charge in [0.15, 0.2) is 5.11 Å². The van der Waals surface area contributed by atoms with Crippen molar-refractivity contribution >= 4 is 52.3 Å². The maximum atomic E-state index is 11.8. The first kappa shape index (κ1) is 18.8. The lowest BCUT2D eigenvalue weighted by molar-refractivity contribution is -0.119. The highest BCUT2D eigenvalue weighted by molar-refractivity contribution is 8.00. The topological polar surface area (TPSA) is 82.3 Å². The SMILES string of the molecule is O=C(CSCC(=O)Nc1ccccc1)NNC(=S)Nc1ccccc1. The second-order valence-corrected chi connectivity index (χ2v) is 6.29. The molecule has 25 heavy (non-hydrogen) atoms. The number of anilines is 2. The van der Waals surface area contributed by atoms with Crippen molar-refractivity contribution in [3.05, 3.63) is 60.7 Å². The van der Waals surface area contributed by atoms with Gasteiger partial charge in [0.1, 0.15) is 0 Å². The third-order valence-electron chi connectivity index (χ3n) is 2.87. The number of hydrogen-bond acceptors (Lipinski definition) is 4. The summed E-state index contributed by atoms with van der Waals surface area (Å²) in [5, 5.41) is 5.97. The number of hydrazine groups is 1. The molecule has 2 amide bonds. The van der Waals surface area contributed by atoms with E-state index < -0.39 is 0 Å². The first-order valence-electron chi connectivity index (χ1n) is 7.47. The van der Waals surface area contributed by atoms with Crippen LogP contribution in [0.4, 0.5) is 11.4 Å². The van der Waals surface area contributed by atoms with Gasteiger partial charge >= 0.3 is 0 Å². The van der Waals surface area contributed by atoms with Gasteiger partial charge in [-0.1, -0.05) is 36.4 Å². The van der Waals surface area contributed by atoms with Crippen molar-refractivity contribution < 1.29 is 9.59 Å². The molecule has 0 aliphatic carbocycles. The monoisotopic (exact) mass is 374 g/mol. The van der Waals surface area contributed by atoms with Gasteiger partial charge < -0.3 is 10.6 Å². The Morgan fingerprint density at radius 1 is 0.760 bits per heavy atom. The predicted octanol–water partition coefficient (Wildman–Crippen LogP) is 2.38. The van der Waals surface area contributed by atoms with Gasteiger partial charge in [-0.2, -0.15) is 0 Å². The Kier molecular flexibility index (Phi) is 7.74. The first-order valence-corrected chi connectivity index (χ1v) is 9.03. The number of benzene rings is 2. The van der Waals surface area contributed by atoms with Crippen LogP contribution in [0.2, 0.25) is 0 Å². The molecule has 130 valence electrons. The average molecular weight is 374 g/mol. The van der Waals surface area contributed by atoms with E-state index in [0.717, 1.165) is 11.4 Å². The van der Waals surface area contributed by atoms with Crippen LogP contribution in [0.1, 0.15) is 0 Å². The molecule has 0 heterocycles. The fourth-order valence-electron chi connectivity index (χ4n) is 1.80. The van der Waals surface area contributed by atoms with E-state index >= 15 is 0 Å². The van der Waals surface area contributed by atoms with E-state index in [-0.39, 0.29) is 28.4 Å². The van der Waals surface area contributed by atoms with Crippen molar-refractivity contribution in [3.8, 4) is 0 Å². The molecule has 2 aromatic carbocycles. The lowest BCUT2D eigenvalue weighted by Crippen LogP contribution is -2.44. The van der Waals surface area contributed by atoms with Gasteiger partial charge in [-0.05, 0) is 36.5 Å². The van der Waals surface area contributed by atoms with Gasteiger partial charge in [-0.15, -0.1) is 11.8 Å². The molecule has 6 nitrogen and oxygen atoms in total. The molecule has 0 aliphatic rings. The van der Waals surface area contributed by atoms with Crippen LogP contribution < -0.4 is 21.5 Å². The molecule has 2 rings (SSSR count). The molecule has 0 spiro atoms. The number of hydrogen-bond donors (Lipinski definition) is 4. The second-order valence-electron chi connectivity index (χ2n) is 4.90. The second kappa shape index (κ2) is 10.3. The fraction of sp³-hybridized carbons (Fsp3) is 0.118. The highest BCUT2D eigenvalue weighted by Gasteiger charge is 2.06. The first-order chi connectivity index (χ1) is 12.1. The lowest BCUT2D eigenvalue weighted by atomic mass is 10.3. The van der Waals surface area contributed by atoms with Crippen LogP contribution in [0.5, 0.6) is 0 Å². The van der Waals surface area contributed by atoms with E-state index in [0.29, 0.717) is 0 Å². The van der Waals surface area contributed by atoms with Crippen molar-refractivity contribution in [2.75, 3.05) is 22.1 Å². The number of carbonyl (C=O) groups excluding carboxylic acids is 2. The molecular weight excluding hydrogens is 356 g/mol. The Labute approximate surface area is 155 Å². The molecule has 8 heteroatoms. The zero-order valence-electron chi connectivity index (χ0n) is 13.3. The number of thioether (sulfide) groups is 1. The summed E-state index contributed by atoms with van der Waals surface area (Å²) in [5.74, 6) is -0.0917. The van der Waals surface area contributed by atoms with Crippen LogP contribution in [0.3, 0.4) is 0 Å². The van der Waals surface area contributed by atoms with Gasteiger partial charge in [0.2, 0.25) is 11.8 Å². The minimum absolute atomic E-state index is 0.142. The molecule has 4 N–H and O–H groups in total. The molecule has 0 radical (unpaired) electrons. The third-order valence-corrected chi connectivity index (χ3v) is 4.01. The van der Waals surface area contributed by atoms with E-state index in [1.165, 1.54) is 11.8 Å². The largest absolute Gasteiger partial charge is 0.331 e. The summed E-state index contributed by atoms with van der Waals surface area (Å²) in [5.41, 5.74) is 6.65. The van der Waals surface area contributed by atoms with Gasteiger partial charge in [0.05, 0.1) is 11.5 Å². The number of para-hydroxylation sites is 2. The summed E-state index contributed by atoms with van der Waals surface area (Å²) >= 11 is 6.29. The lowest BCUT2D eigenvalue weighted by Gasteiger charge is -2.11. The summed E-state index contributed by atoms with van der Waals surface area (Å²) in [7, 11) is 0. The summed E-state index contributed by atoms with van der Waals surface area (Å²) in [4.78, 5) is 23.5. The zero-order chi connectivity index (χ0) is 17.9. The van der Waals surface area contributed by atoms with Crippen LogP contribution in [-0.2, 0) is 9.59 Å². The van der Waals surface area contributed by atoms with Crippen LogP contribution in [0.15, 0.2) is 60.7 Å². The average Bonchev–Trinajstić information content (AvgIpc) is 2.62. The molecule has 0 unspecified atom stereocenters. The van der Waals surface area contributed by atoms with E-state index in [9.17, 15) is 9.59 Å². The Morgan fingerprint density at radius 2 is 1.28 bits per heavy atom. The quantitative estimate of drug-likeness (QED) is 0.459. The van der Waals surface area contributed by atoms with E-state index in [2.05, 4.69) is 21.5 Å². The Balaban J connectivity index is 1.59. The summed E-state index contributed by atoms with van der Waals surface area (Å²) in [6, 6.07) is 18.5. The van der Waals surface area contributed by atoms with Crippen molar-refractivity contribution in [1.29, 1.82) is 0 Å². The Bertz CT molecular complexity index is 711. The normalized spacial score (nSPS) is 9.76. The maximum Gasteiger partial charge on any atom is 0.248 e.